The van der Waals surface area contributed by atoms with E-state index >= 15 is 0 Å². The molecule has 8 nitrogen and oxygen atoms in total. The molecule has 2 aliphatic heterocycles. The highest BCUT2D eigenvalue weighted by Gasteiger charge is 2.22. The van der Waals surface area contributed by atoms with Crippen molar-refractivity contribution in [1.29, 1.82) is 0 Å². The Balaban J connectivity index is 1.19. The second-order valence-electron chi connectivity index (χ2n) is 7.56. The lowest BCUT2D eigenvalue weighted by Gasteiger charge is -2.31. The van der Waals surface area contributed by atoms with E-state index in [2.05, 4.69) is 20.5 Å². The SMILES string of the molecule is O=C(NCC1CCN(Cc2ccccn2)CC1)C(=O)Nc1ccc2c(c1)OCCO2. The summed E-state index contributed by atoms with van der Waals surface area (Å²) in [5, 5.41) is 5.37. The van der Waals surface area contributed by atoms with Crippen LogP contribution in [0.1, 0.15) is 18.5 Å². The number of piperidine rings is 1. The van der Waals surface area contributed by atoms with Gasteiger partial charge < -0.3 is 20.1 Å². The van der Waals surface area contributed by atoms with E-state index in [1.807, 2.05) is 24.4 Å². The van der Waals surface area contributed by atoms with Crippen LogP contribution in [0.3, 0.4) is 0 Å². The van der Waals surface area contributed by atoms with Crippen molar-refractivity contribution in [2.75, 3.05) is 38.2 Å². The smallest absolute Gasteiger partial charge is 0.313 e. The number of fused-ring (bicyclic) bond motifs is 1. The molecule has 0 unspecified atom stereocenters. The molecule has 158 valence electrons. The van der Waals surface area contributed by atoms with Gasteiger partial charge in [0.25, 0.3) is 0 Å². The van der Waals surface area contributed by atoms with Crippen molar-refractivity contribution >= 4 is 17.5 Å². The number of rotatable bonds is 5. The Morgan fingerprint density at radius 1 is 1.03 bits per heavy atom. The van der Waals surface area contributed by atoms with Crippen LogP contribution in [0, 0.1) is 5.92 Å². The van der Waals surface area contributed by atoms with Crippen molar-refractivity contribution in [3.63, 3.8) is 0 Å². The van der Waals surface area contributed by atoms with Crippen molar-refractivity contribution in [3.8, 4) is 11.5 Å². The maximum atomic E-state index is 12.2. The normalized spacial score (nSPS) is 16.7. The molecule has 3 heterocycles. The number of anilines is 1. The molecule has 1 aromatic carbocycles. The number of nitrogens with zero attached hydrogens (tertiary/aromatic N) is 2. The molecule has 2 aromatic rings. The van der Waals surface area contributed by atoms with Crippen LogP contribution in [-0.2, 0) is 16.1 Å². The Bertz CT molecular complexity index is 882. The summed E-state index contributed by atoms with van der Waals surface area (Å²) >= 11 is 0. The Kier molecular flexibility index (Phi) is 6.44. The van der Waals surface area contributed by atoms with Gasteiger partial charge >= 0.3 is 11.8 Å². The van der Waals surface area contributed by atoms with Crippen molar-refractivity contribution in [2.24, 2.45) is 5.92 Å². The fourth-order valence-corrected chi connectivity index (χ4v) is 3.70. The molecule has 0 aliphatic carbocycles. The van der Waals surface area contributed by atoms with Gasteiger partial charge in [0.05, 0.1) is 5.69 Å². The van der Waals surface area contributed by atoms with Crippen LogP contribution in [0.15, 0.2) is 42.6 Å². The number of carbonyl (C=O) groups excluding carboxylic acids is 2. The Morgan fingerprint density at radius 2 is 1.83 bits per heavy atom. The third-order valence-corrected chi connectivity index (χ3v) is 5.38. The minimum absolute atomic E-state index is 0.371. The minimum atomic E-state index is -0.681. The quantitative estimate of drug-likeness (QED) is 0.731. The van der Waals surface area contributed by atoms with Crippen molar-refractivity contribution in [2.45, 2.75) is 19.4 Å². The molecule has 30 heavy (non-hydrogen) atoms. The van der Waals surface area contributed by atoms with Crippen LogP contribution in [0.2, 0.25) is 0 Å². The highest BCUT2D eigenvalue weighted by molar-refractivity contribution is 6.39. The van der Waals surface area contributed by atoms with E-state index in [-0.39, 0.29) is 0 Å². The first kappa shape index (κ1) is 20.2. The zero-order valence-electron chi connectivity index (χ0n) is 16.8. The number of nitrogens with one attached hydrogen (secondary N) is 2. The fraction of sp³-hybridized carbons (Fsp3) is 0.409. The number of carbonyl (C=O) groups is 2. The summed E-state index contributed by atoms with van der Waals surface area (Å²) in [6.07, 6.45) is 3.78. The molecule has 1 aromatic heterocycles. The van der Waals surface area contributed by atoms with Crippen LogP contribution in [-0.4, -0.2) is 54.5 Å². The minimum Gasteiger partial charge on any atom is -0.486 e. The molecule has 0 saturated carbocycles. The lowest BCUT2D eigenvalue weighted by atomic mass is 9.96. The van der Waals surface area contributed by atoms with Crippen molar-refractivity contribution in [1.82, 2.24) is 15.2 Å². The average molecular weight is 410 g/mol. The molecule has 0 radical (unpaired) electrons. The first-order valence-electron chi connectivity index (χ1n) is 10.3. The topological polar surface area (TPSA) is 92.8 Å². The summed E-state index contributed by atoms with van der Waals surface area (Å²) in [7, 11) is 0. The number of aromatic nitrogens is 1. The molecule has 2 N–H and O–H groups in total. The maximum Gasteiger partial charge on any atom is 0.313 e. The van der Waals surface area contributed by atoms with E-state index in [0.717, 1.165) is 38.2 Å². The second kappa shape index (κ2) is 9.58. The van der Waals surface area contributed by atoms with Crippen LogP contribution in [0.5, 0.6) is 11.5 Å². The van der Waals surface area contributed by atoms with Gasteiger partial charge in [0, 0.05) is 31.0 Å². The summed E-state index contributed by atoms with van der Waals surface area (Å²) in [6, 6.07) is 11.0. The number of amides is 2. The summed E-state index contributed by atoms with van der Waals surface area (Å²) in [6.45, 7) is 4.23. The van der Waals surface area contributed by atoms with Gasteiger partial charge in [0.1, 0.15) is 13.2 Å². The van der Waals surface area contributed by atoms with Gasteiger partial charge in [-0.05, 0) is 56.1 Å². The number of pyridine rings is 1. The van der Waals surface area contributed by atoms with Gasteiger partial charge in [-0.15, -0.1) is 0 Å². The summed E-state index contributed by atoms with van der Waals surface area (Å²) in [5.74, 6) is 0.270. The predicted molar refractivity (Wildman–Crippen MR) is 111 cm³/mol. The average Bonchev–Trinajstić information content (AvgIpc) is 2.79. The van der Waals surface area contributed by atoms with Crippen LogP contribution in [0.25, 0.3) is 0 Å². The number of hydrogen-bond donors (Lipinski definition) is 2. The predicted octanol–water partition coefficient (Wildman–Crippen LogP) is 1.82. The van der Waals surface area contributed by atoms with Crippen LogP contribution < -0.4 is 20.1 Å². The Labute approximate surface area is 175 Å². The molecular formula is C22H26N4O4. The molecule has 2 amide bonds. The lowest BCUT2D eigenvalue weighted by molar-refractivity contribution is -0.136. The van der Waals surface area contributed by atoms with Crippen LogP contribution in [0.4, 0.5) is 5.69 Å². The Morgan fingerprint density at radius 3 is 2.60 bits per heavy atom. The van der Waals surface area contributed by atoms with Gasteiger partial charge in [0.15, 0.2) is 11.5 Å². The molecule has 0 bridgehead atoms. The molecule has 4 rings (SSSR count). The standard InChI is InChI=1S/C22H26N4O4/c27-21(22(28)25-17-4-5-19-20(13-17)30-12-11-29-19)24-14-16-6-9-26(10-7-16)15-18-3-1-2-8-23-18/h1-5,8,13,16H,6-7,9-12,14-15H2,(H,24,27)(H,25,28). The number of benzene rings is 1. The molecule has 8 heteroatoms. The molecule has 0 atom stereocenters. The van der Waals surface area contributed by atoms with Gasteiger partial charge in [-0.3, -0.25) is 19.5 Å². The molecule has 0 spiro atoms. The van der Waals surface area contributed by atoms with Crippen LogP contribution >= 0.6 is 0 Å². The van der Waals surface area contributed by atoms with E-state index < -0.39 is 11.8 Å². The highest BCUT2D eigenvalue weighted by Crippen LogP contribution is 2.32. The largest absolute Gasteiger partial charge is 0.486 e. The summed E-state index contributed by atoms with van der Waals surface area (Å²) in [5.41, 5.74) is 1.57. The second-order valence-corrected chi connectivity index (χ2v) is 7.56. The van der Waals surface area contributed by atoms with E-state index in [9.17, 15) is 9.59 Å². The first-order chi connectivity index (χ1) is 14.7. The first-order valence-corrected chi connectivity index (χ1v) is 10.3. The molecular weight excluding hydrogens is 384 g/mol. The van der Waals surface area contributed by atoms with Crippen molar-refractivity contribution < 1.29 is 19.1 Å². The third-order valence-electron chi connectivity index (χ3n) is 5.38. The summed E-state index contributed by atoms with van der Waals surface area (Å²) < 4.78 is 10.9. The molecule has 1 fully saturated rings. The van der Waals surface area contributed by atoms with E-state index in [4.69, 9.17) is 9.47 Å². The summed E-state index contributed by atoms with van der Waals surface area (Å²) in [4.78, 5) is 31.1. The maximum absolute atomic E-state index is 12.2. The fourth-order valence-electron chi connectivity index (χ4n) is 3.70. The number of likely N-dealkylation sites (tertiary alicyclic amines) is 1. The number of hydrogen-bond acceptors (Lipinski definition) is 6. The number of ether oxygens (including phenoxy) is 2. The molecule has 1 saturated heterocycles. The third kappa shape index (κ3) is 5.27. The molecule has 2 aliphatic rings. The van der Waals surface area contributed by atoms with Crippen molar-refractivity contribution in [3.05, 3.63) is 48.3 Å². The van der Waals surface area contributed by atoms with E-state index in [1.54, 1.807) is 18.2 Å². The van der Waals surface area contributed by atoms with Gasteiger partial charge in [-0.25, -0.2) is 0 Å². The van der Waals surface area contributed by atoms with E-state index in [0.29, 0.717) is 42.9 Å². The monoisotopic (exact) mass is 410 g/mol. The van der Waals surface area contributed by atoms with E-state index in [1.165, 1.54) is 0 Å². The lowest BCUT2D eigenvalue weighted by Crippen LogP contribution is -2.41. The zero-order valence-corrected chi connectivity index (χ0v) is 16.8. The van der Waals surface area contributed by atoms with Gasteiger partial charge in [0.2, 0.25) is 0 Å². The van der Waals surface area contributed by atoms with Gasteiger partial charge in [-0.1, -0.05) is 6.07 Å². The zero-order chi connectivity index (χ0) is 20.8. The Hall–Kier alpha value is -3.13. The highest BCUT2D eigenvalue weighted by atomic mass is 16.6. The van der Waals surface area contributed by atoms with Gasteiger partial charge in [-0.2, -0.15) is 0 Å².